The van der Waals surface area contributed by atoms with E-state index in [-0.39, 0.29) is 6.61 Å². The summed E-state index contributed by atoms with van der Waals surface area (Å²) in [5.74, 6) is 0.400. The Labute approximate surface area is 58.1 Å². The fourth-order valence-electron chi connectivity index (χ4n) is 0.826. The molecule has 9 heavy (non-hydrogen) atoms. The van der Waals surface area contributed by atoms with Gasteiger partial charge < -0.3 is 0 Å². The molecule has 0 rings (SSSR count). The van der Waals surface area contributed by atoms with Crippen LogP contribution in [0.15, 0.2) is 0 Å². The van der Waals surface area contributed by atoms with Crippen molar-refractivity contribution < 1.29 is 5.11 Å². The highest BCUT2D eigenvalue weighted by Gasteiger charge is 1.98. The predicted molar refractivity (Wildman–Crippen MR) is 38.9 cm³/mol. The number of hydrogen-bond donors (Lipinski definition) is 0. The van der Waals surface area contributed by atoms with Crippen LogP contribution >= 0.6 is 0 Å². The van der Waals surface area contributed by atoms with Crippen molar-refractivity contribution in [1.82, 2.24) is 0 Å². The van der Waals surface area contributed by atoms with Gasteiger partial charge in [-0.25, -0.2) is 5.11 Å². The molecule has 0 saturated heterocycles. The lowest BCUT2D eigenvalue weighted by Gasteiger charge is -2.03. The third kappa shape index (κ3) is 5.84. The van der Waals surface area contributed by atoms with Crippen LogP contribution in [-0.4, -0.2) is 6.61 Å². The Hall–Kier alpha value is -0.0400. The van der Waals surface area contributed by atoms with Gasteiger partial charge in [-0.1, -0.05) is 33.1 Å². The molecule has 0 aromatic heterocycles. The first-order chi connectivity index (χ1) is 4.31. The molecule has 0 heterocycles. The number of unbranched alkanes of at least 4 members (excludes halogenated alkanes) is 2. The second-order valence-corrected chi connectivity index (χ2v) is 2.77. The molecule has 0 aliphatic heterocycles. The SMILES string of the molecule is CCCCCC(C)C[O]. The number of hydrogen-bond acceptors (Lipinski definition) is 0. The quantitative estimate of drug-likeness (QED) is 0.508. The van der Waals surface area contributed by atoms with Crippen molar-refractivity contribution in [2.75, 3.05) is 6.61 Å². The molecule has 1 heteroatoms. The second kappa shape index (κ2) is 6.09. The lowest BCUT2D eigenvalue weighted by Crippen LogP contribution is -1.98. The molecule has 0 aromatic carbocycles. The first kappa shape index (κ1) is 8.96. The van der Waals surface area contributed by atoms with Crippen LogP contribution in [0.3, 0.4) is 0 Å². The molecular formula is C8H17O. The Bertz CT molecular complexity index is 52.5. The first-order valence-electron chi connectivity index (χ1n) is 3.89. The van der Waals surface area contributed by atoms with E-state index in [0.717, 1.165) is 6.42 Å². The molecule has 0 spiro atoms. The van der Waals surface area contributed by atoms with Crippen LogP contribution in [0, 0.1) is 5.92 Å². The van der Waals surface area contributed by atoms with Gasteiger partial charge in [-0.3, -0.25) is 0 Å². The highest BCUT2D eigenvalue weighted by atomic mass is 16.3. The van der Waals surface area contributed by atoms with Crippen molar-refractivity contribution in [2.24, 2.45) is 5.92 Å². The topological polar surface area (TPSA) is 19.9 Å². The molecule has 0 bridgehead atoms. The molecule has 1 nitrogen and oxygen atoms in total. The van der Waals surface area contributed by atoms with Gasteiger partial charge in [0.1, 0.15) is 0 Å². The summed E-state index contributed by atoms with van der Waals surface area (Å²) in [5.41, 5.74) is 0. The molecule has 0 N–H and O–H groups in total. The van der Waals surface area contributed by atoms with Gasteiger partial charge in [-0.2, -0.15) is 0 Å². The van der Waals surface area contributed by atoms with Crippen LogP contribution in [0.2, 0.25) is 0 Å². The van der Waals surface area contributed by atoms with E-state index in [1.165, 1.54) is 19.3 Å². The van der Waals surface area contributed by atoms with Crippen molar-refractivity contribution in [3.05, 3.63) is 0 Å². The Morgan fingerprint density at radius 1 is 1.33 bits per heavy atom. The van der Waals surface area contributed by atoms with Gasteiger partial charge in [-0.15, -0.1) is 0 Å². The zero-order valence-electron chi connectivity index (χ0n) is 6.52. The van der Waals surface area contributed by atoms with Gasteiger partial charge >= 0.3 is 0 Å². The third-order valence-electron chi connectivity index (χ3n) is 1.58. The van der Waals surface area contributed by atoms with E-state index in [1.807, 2.05) is 6.92 Å². The molecule has 0 aromatic rings. The molecule has 0 saturated carbocycles. The lowest BCUT2D eigenvalue weighted by atomic mass is 10.0. The van der Waals surface area contributed by atoms with Crippen molar-refractivity contribution in [1.29, 1.82) is 0 Å². The van der Waals surface area contributed by atoms with E-state index in [9.17, 15) is 5.11 Å². The average Bonchev–Trinajstić information content (AvgIpc) is 1.89. The summed E-state index contributed by atoms with van der Waals surface area (Å²) in [6.07, 6.45) is 4.90. The Morgan fingerprint density at radius 2 is 2.00 bits per heavy atom. The maximum Gasteiger partial charge on any atom is 0.0847 e. The fourth-order valence-corrected chi connectivity index (χ4v) is 0.826. The highest BCUT2D eigenvalue weighted by molar-refractivity contribution is 4.49. The maximum absolute atomic E-state index is 10.2. The van der Waals surface area contributed by atoms with Crippen LogP contribution < -0.4 is 0 Å². The Balaban J connectivity index is 2.88. The first-order valence-corrected chi connectivity index (χ1v) is 3.89. The molecule has 1 atom stereocenters. The maximum atomic E-state index is 10.2. The molecule has 0 amide bonds. The zero-order chi connectivity index (χ0) is 7.11. The summed E-state index contributed by atoms with van der Waals surface area (Å²) >= 11 is 0. The number of rotatable bonds is 5. The van der Waals surface area contributed by atoms with E-state index in [1.54, 1.807) is 0 Å². The van der Waals surface area contributed by atoms with Crippen molar-refractivity contribution >= 4 is 0 Å². The lowest BCUT2D eigenvalue weighted by molar-refractivity contribution is 0.145. The van der Waals surface area contributed by atoms with Crippen molar-refractivity contribution in [3.63, 3.8) is 0 Å². The predicted octanol–water partition coefficient (Wildman–Crippen LogP) is 2.63. The molecule has 55 valence electrons. The standard InChI is InChI=1S/C8H17O/c1-3-4-5-6-8(2)7-9/h8H,3-7H2,1-2H3. The molecule has 1 unspecified atom stereocenters. The van der Waals surface area contributed by atoms with Crippen LogP contribution in [0.25, 0.3) is 0 Å². The molecular weight excluding hydrogens is 112 g/mol. The van der Waals surface area contributed by atoms with E-state index in [0.29, 0.717) is 5.92 Å². The Kier molecular flexibility index (Phi) is 6.06. The summed E-state index contributed by atoms with van der Waals surface area (Å²) in [4.78, 5) is 0. The minimum absolute atomic E-state index is 0.101. The van der Waals surface area contributed by atoms with Crippen LogP contribution in [-0.2, 0) is 5.11 Å². The summed E-state index contributed by atoms with van der Waals surface area (Å²) in [6, 6.07) is 0. The summed E-state index contributed by atoms with van der Waals surface area (Å²) in [6.45, 7) is 4.31. The fraction of sp³-hybridized carbons (Fsp3) is 1.00. The normalized spacial score (nSPS) is 13.7. The van der Waals surface area contributed by atoms with Gasteiger partial charge in [-0.05, 0) is 12.3 Å². The monoisotopic (exact) mass is 129 g/mol. The minimum Gasteiger partial charge on any atom is -0.236 e. The third-order valence-corrected chi connectivity index (χ3v) is 1.58. The van der Waals surface area contributed by atoms with Crippen LogP contribution in [0.4, 0.5) is 0 Å². The van der Waals surface area contributed by atoms with Gasteiger partial charge in [0.15, 0.2) is 0 Å². The summed E-state index contributed by atoms with van der Waals surface area (Å²) in [7, 11) is 0. The minimum atomic E-state index is 0.101. The molecule has 0 aliphatic rings. The van der Waals surface area contributed by atoms with E-state index in [4.69, 9.17) is 0 Å². The summed E-state index contributed by atoms with van der Waals surface area (Å²) in [5, 5.41) is 10.2. The van der Waals surface area contributed by atoms with Crippen molar-refractivity contribution in [2.45, 2.75) is 39.5 Å². The van der Waals surface area contributed by atoms with E-state index in [2.05, 4.69) is 6.92 Å². The molecule has 1 radical (unpaired) electrons. The zero-order valence-corrected chi connectivity index (χ0v) is 6.52. The average molecular weight is 129 g/mol. The van der Waals surface area contributed by atoms with E-state index >= 15 is 0 Å². The second-order valence-electron chi connectivity index (χ2n) is 2.77. The Morgan fingerprint density at radius 3 is 2.44 bits per heavy atom. The van der Waals surface area contributed by atoms with Gasteiger partial charge in [0.2, 0.25) is 0 Å². The molecule has 0 fully saturated rings. The smallest absolute Gasteiger partial charge is 0.0847 e. The molecule has 0 aliphatic carbocycles. The highest BCUT2D eigenvalue weighted by Crippen LogP contribution is 2.07. The largest absolute Gasteiger partial charge is 0.236 e. The van der Waals surface area contributed by atoms with Gasteiger partial charge in [0, 0.05) is 0 Å². The van der Waals surface area contributed by atoms with Crippen LogP contribution in [0.1, 0.15) is 39.5 Å². The summed E-state index contributed by atoms with van der Waals surface area (Å²) < 4.78 is 0. The van der Waals surface area contributed by atoms with Gasteiger partial charge in [0.05, 0.1) is 6.61 Å². The van der Waals surface area contributed by atoms with E-state index < -0.39 is 0 Å². The van der Waals surface area contributed by atoms with Crippen molar-refractivity contribution in [3.8, 4) is 0 Å². The van der Waals surface area contributed by atoms with Gasteiger partial charge in [0.25, 0.3) is 0 Å². The van der Waals surface area contributed by atoms with Crippen LogP contribution in [0.5, 0.6) is 0 Å².